The number of aryl methyl sites for hydroxylation is 2. The summed E-state index contributed by atoms with van der Waals surface area (Å²) >= 11 is 0. The van der Waals surface area contributed by atoms with Crippen molar-refractivity contribution in [2.75, 3.05) is 6.54 Å². The van der Waals surface area contributed by atoms with E-state index in [1.165, 1.54) is 4.57 Å². The Balaban J connectivity index is 1.60. The van der Waals surface area contributed by atoms with Gasteiger partial charge in [-0.05, 0) is 37.1 Å². The minimum Gasteiger partial charge on any atom is -0.345 e. The number of para-hydroxylation sites is 1. The second-order valence-electron chi connectivity index (χ2n) is 8.42. The SMILES string of the molecule is Cc1cc(-n2c(=O)n(CC(=O)NCC(F)(F)F)c3cccc(C)c32)cnc1-c1cncc2[nH]ncc12. The van der Waals surface area contributed by atoms with Gasteiger partial charge in [-0.1, -0.05) is 12.1 Å². The molecule has 5 rings (SSSR count). The number of nitrogens with one attached hydrogen (secondary N) is 2. The number of aromatic amines is 1. The average Bonchev–Trinajstić information content (AvgIpc) is 3.41. The zero-order valence-electron chi connectivity index (χ0n) is 19.2. The maximum absolute atomic E-state index is 13.5. The number of fused-ring (bicyclic) bond motifs is 2. The third-order valence-electron chi connectivity index (χ3n) is 5.88. The highest BCUT2D eigenvalue weighted by Gasteiger charge is 2.28. The van der Waals surface area contributed by atoms with Crippen molar-refractivity contribution in [2.45, 2.75) is 26.6 Å². The summed E-state index contributed by atoms with van der Waals surface area (Å²) in [6.07, 6.45) is 2.04. The summed E-state index contributed by atoms with van der Waals surface area (Å²) in [6.45, 7) is 1.64. The van der Waals surface area contributed by atoms with E-state index in [1.54, 1.807) is 43.0 Å². The first-order chi connectivity index (χ1) is 17.1. The van der Waals surface area contributed by atoms with Gasteiger partial charge < -0.3 is 5.32 Å². The molecule has 36 heavy (non-hydrogen) atoms. The molecule has 1 aromatic carbocycles. The zero-order chi connectivity index (χ0) is 25.6. The summed E-state index contributed by atoms with van der Waals surface area (Å²) in [5, 5.41) is 9.59. The first-order valence-electron chi connectivity index (χ1n) is 10.9. The normalized spacial score (nSPS) is 11.9. The molecular weight excluding hydrogens is 475 g/mol. The maximum atomic E-state index is 13.5. The van der Waals surface area contributed by atoms with Crippen molar-refractivity contribution < 1.29 is 18.0 Å². The van der Waals surface area contributed by atoms with Crippen LogP contribution >= 0.6 is 0 Å². The van der Waals surface area contributed by atoms with Crippen LogP contribution in [0.3, 0.4) is 0 Å². The number of nitrogens with zero attached hydrogens (tertiary/aromatic N) is 5. The van der Waals surface area contributed by atoms with E-state index in [4.69, 9.17) is 0 Å². The molecule has 2 N–H and O–H groups in total. The van der Waals surface area contributed by atoms with Crippen molar-refractivity contribution in [3.63, 3.8) is 0 Å². The summed E-state index contributed by atoms with van der Waals surface area (Å²) in [7, 11) is 0. The van der Waals surface area contributed by atoms with Crippen LogP contribution in [0.1, 0.15) is 11.1 Å². The van der Waals surface area contributed by atoms with E-state index in [9.17, 15) is 22.8 Å². The van der Waals surface area contributed by atoms with Gasteiger partial charge in [0.15, 0.2) is 0 Å². The number of aromatic nitrogens is 6. The van der Waals surface area contributed by atoms with Gasteiger partial charge >= 0.3 is 11.9 Å². The number of carbonyl (C=O) groups is 1. The molecule has 4 aromatic heterocycles. The molecule has 0 unspecified atom stereocenters. The molecular formula is C24H20F3N7O2. The summed E-state index contributed by atoms with van der Waals surface area (Å²) in [5.41, 5.74) is 4.60. The Morgan fingerprint density at radius 3 is 2.67 bits per heavy atom. The molecule has 0 spiro atoms. The van der Waals surface area contributed by atoms with Gasteiger partial charge in [0.25, 0.3) is 0 Å². The molecule has 1 amide bonds. The molecule has 12 heteroatoms. The number of pyridine rings is 2. The molecule has 0 saturated carbocycles. The second-order valence-corrected chi connectivity index (χ2v) is 8.42. The van der Waals surface area contributed by atoms with Gasteiger partial charge in [-0.3, -0.25) is 29.0 Å². The molecule has 0 saturated heterocycles. The number of hydrogen-bond acceptors (Lipinski definition) is 5. The first kappa shape index (κ1) is 23.3. The van der Waals surface area contributed by atoms with Crippen molar-refractivity contribution in [1.82, 2.24) is 34.6 Å². The summed E-state index contributed by atoms with van der Waals surface area (Å²) in [6, 6.07) is 6.97. The van der Waals surface area contributed by atoms with Crippen LogP contribution in [-0.4, -0.2) is 47.9 Å². The Hall–Kier alpha value is -4.48. The molecule has 4 heterocycles. The highest BCUT2D eigenvalue weighted by atomic mass is 19.4. The molecule has 5 aromatic rings. The molecule has 0 bridgehead atoms. The fraction of sp³-hybridized carbons (Fsp3) is 0.208. The van der Waals surface area contributed by atoms with Gasteiger partial charge in [-0.2, -0.15) is 18.3 Å². The number of alkyl halides is 3. The Bertz CT molecular complexity index is 1680. The quantitative estimate of drug-likeness (QED) is 0.388. The van der Waals surface area contributed by atoms with Gasteiger partial charge in [-0.25, -0.2) is 4.79 Å². The van der Waals surface area contributed by atoms with Crippen molar-refractivity contribution >= 4 is 27.8 Å². The van der Waals surface area contributed by atoms with Crippen LogP contribution < -0.4 is 11.0 Å². The Morgan fingerprint density at radius 2 is 1.92 bits per heavy atom. The van der Waals surface area contributed by atoms with Gasteiger partial charge in [0.05, 0.1) is 46.5 Å². The van der Waals surface area contributed by atoms with E-state index in [0.717, 1.165) is 32.2 Å². The number of benzene rings is 1. The maximum Gasteiger partial charge on any atom is 0.405 e. The lowest BCUT2D eigenvalue weighted by Crippen LogP contribution is -2.37. The van der Waals surface area contributed by atoms with Crippen LogP contribution in [0.5, 0.6) is 0 Å². The number of rotatable bonds is 5. The van der Waals surface area contributed by atoms with Crippen LogP contribution in [0.2, 0.25) is 0 Å². The van der Waals surface area contributed by atoms with Crippen molar-refractivity contribution in [2.24, 2.45) is 0 Å². The lowest BCUT2D eigenvalue weighted by Gasteiger charge is -2.10. The number of halogens is 3. The van der Waals surface area contributed by atoms with Crippen LogP contribution in [-0.2, 0) is 11.3 Å². The fourth-order valence-corrected chi connectivity index (χ4v) is 4.28. The lowest BCUT2D eigenvalue weighted by atomic mass is 10.1. The van der Waals surface area contributed by atoms with Crippen molar-refractivity contribution in [3.05, 3.63) is 70.7 Å². The smallest absolute Gasteiger partial charge is 0.345 e. The third-order valence-corrected chi connectivity index (χ3v) is 5.88. The Labute approximate surface area is 201 Å². The van der Waals surface area contributed by atoms with E-state index in [0.29, 0.717) is 22.4 Å². The lowest BCUT2D eigenvalue weighted by molar-refractivity contribution is -0.138. The molecule has 0 aliphatic rings. The van der Waals surface area contributed by atoms with E-state index < -0.39 is 30.9 Å². The zero-order valence-corrected chi connectivity index (χ0v) is 19.2. The van der Waals surface area contributed by atoms with E-state index in [1.807, 2.05) is 25.2 Å². The summed E-state index contributed by atoms with van der Waals surface area (Å²) < 4.78 is 40.1. The van der Waals surface area contributed by atoms with E-state index >= 15 is 0 Å². The highest BCUT2D eigenvalue weighted by molar-refractivity contribution is 5.93. The summed E-state index contributed by atoms with van der Waals surface area (Å²) in [5.74, 6) is -0.916. The summed E-state index contributed by atoms with van der Waals surface area (Å²) in [4.78, 5) is 34.5. The van der Waals surface area contributed by atoms with Crippen LogP contribution in [0, 0.1) is 13.8 Å². The number of imidazole rings is 1. The first-order valence-corrected chi connectivity index (χ1v) is 10.9. The predicted octanol–water partition coefficient (Wildman–Crippen LogP) is 3.42. The fourth-order valence-electron chi connectivity index (χ4n) is 4.28. The highest BCUT2D eigenvalue weighted by Crippen LogP contribution is 2.29. The van der Waals surface area contributed by atoms with Gasteiger partial charge in [0.1, 0.15) is 13.1 Å². The van der Waals surface area contributed by atoms with Crippen molar-refractivity contribution in [3.8, 4) is 16.9 Å². The van der Waals surface area contributed by atoms with E-state index in [-0.39, 0.29) is 0 Å². The minimum absolute atomic E-state index is 0.427. The van der Waals surface area contributed by atoms with Crippen LogP contribution in [0.25, 0.3) is 38.9 Å². The number of carbonyl (C=O) groups excluding carboxylic acids is 1. The molecule has 0 atom stereocenters. The molecule has 0 aliphatic carbocycles. The van der Waals surface area contributed by atoms with Crippen LogP contribution in [0.4, 0.5) is 13.2 Å². The number of amides is 1. The topological polar surface area (TPSA) is 110 Å². The minimum atomic E-state index is -4.55. The Kier molecular flexibility index (Phi) is 5.58. The predicted molar refractivity (Wildman–Crippen MR) is 127 cm³/mol. The molecule has 9 nitrogen and oxygen atoms in total. The van der Waals surface area contributed by atoms with Gasteiger partial charge in [-0.15, -0.1) is 0 Å². The largest absolute Gasteiger partial charge is 0.405 e. The van der Waals surface area contributed by atoms with Gasteiger partial charge in [0.2, 0.25) is 5.91 Å². The number of H-pyrrole nitrogens is 1. The average molecular weight is 495 g/mol. The molecule has 0 radical (unpaired) electrons. The molecule has 184 valence electrons. The van der Waals surface area contributed by atoms with Gasteiger partial charge in [0, 0.05) is 17.1 Å². The standard InChI is InChI=1S/C24H20F3N7O2/c1-13-4-3-5-19-22(13)34(23(36)33(19)11-20(35)30-12-24(25,26)27)15-6-14(2)21(29-7-15)17-8-28-10-18-16(17)9-31-32-18/h3-10H,11-12H2,1-2H3,(H,30,35)(H,31,32). The Morgan fingerprint density at radius 1 is 1.11 bits per heavy atom. The molecule has 0 aliphatic heterocycles. The monoisotopic (exact) mass is 495 g/mol. The second kappa shape index (κ2) is 8.63. The van der Waals surface area contributed by atoms with E-state index in [2.05, 4.69) is 20.2 Å². The molecule has 0 fully saturated rings. The van der Waals surface area contributed by atoms with Crippen molar-refractivity contribution in [1.29, 1.82) is 0 Å². The van der Waals surface area contributed by atoms with Crippen LogP contribution in [0.15, 0.2) is 53.8 Å². The number of hydrogen-bond donors (Lipinski definition) is 2. The third kappa shape index (κ3) is 4.10.